The molecule has 76 valence electrons. The lowest BCUT2D eigenvalue weighted by Crippen LogP contribution is -2.21. The SMILES string of the molecule is COC(=O)[C@@H](C)OCc1ccccn1. The zero-order valence-corrected chi connectivity index (χ0v) is 8.27. The van der Waals surface area contributed by atoms with Gasteiger partial charge in [-0.3, -0.25) is 4.98 Å². The number of hydrogen-bond acceptors (Lipinski definition) is 4. The minimum atomic E-state index is -0.554. The summed E-state index contributed by atoms with van der Waals surface area (Å²) in [6, 6.07) is 5.53. The summed E-state index contributed by atoms with van der Waals surface area (Å²) >= 11 is 0. The largest absolute Gasteiger partial charge is 0.467 e. The number of ether oxygens (including phenoxy) is 2. The third-order valence-electron chi connectivity index (χ3n) is 1.74. The summed E-state index contributed by atoms with van der Waals surface area (Å²) in [5.41, 5.74) is 0.795. The zero-order valence-electron chi connectivity index (χ0n) is 8.27. The topological polar surface area (TPSA) is 48.4 Å². The summed E-state index contributed by atoms with van der Waals surface area (Å²) in [5.74, 6) is -0.374. The Morgan fingerprint density at radius 2 is 2.36 bits per heavy atom. The summed E-state index contributed by atoms with van der Waals surface area (Å²) in [6.45, 7) is 1.96. The number of esters is 1. The third-order valence-corrected chi connectivity index (χ3v) is 1.74. The number of methoxy groups -OCH3 is 1. The maximum atomic E-state index is 11.0. The van der Waals surface area contributed by atoms with Crippen LogP contribution in [0.5, 0.6) is 0 Å². The van der Waals surface area contributed by atoms with Crippen LogP contribution in [0.15, 0.2) is 24.4 Å². The highest BCUT2D eigenvalue weighted by atomic mass is 16.6. The number of carbonyl (C=O) groups is 1. The van der Waals surface area contributed by atoms with E-state index in [9.17, 15) is 4.79 Å². The van der Waals surface area contributed by atoms with E-state index < -0.39 is 6.10 Å². The molecular weight excluding hydrogens is 182 g/mol. The van der Waals surface area contributed by atoms with Gasteiger partial charge in [0, 0.05) is 6.20 Å². The van der Waals surface area contributed by atoms with Crippen molar-refractivity contribution in [3.63, 3.8) is 0 Å². The van der Waals surface area contributed by atoms with Crippen molar-refractivity contribution in [1.82, 2.24) is 4.98 Å². The van der Waals surface area contributed by atoms with Crippen molar-refractivity contribution in [3.05, 3.63) is 30.1 Å². The van der Waals surface area contributed by atoms with E-state index in [4.69, 9.17) is 4.74 Å². The van der Waals surface area contributed by atoms with Crippen LogP contribution >= 0.6 is 0 Å². The Morgan fingerprint density at radius 1 is 1.57 bits per heavy atom. The van der Waals surface area contributed by atoms with E-state index in [2.05, 4.69) is 9.72 Å². The van der Waals surface area contributed by atoms with E-state index in [1.54, 1.807) is 13.1 Å². The molecule has 4 nitrogen and oxygen atoms in total. The Labute approximate surface area is 82.9 Å². The fourth-order valence-electron chi connectivity index (χ4n) is 0.928. The van der Waals surface area contributed by atoms with Crippen LogP contribution in [0.3, 0.4) is 0 Å². The summed E-state index contributed by atoms with van der Waals surface area (Å²) in [7, 11) is 1.34. The fourth-order valence-corrected chi connectivity index (χ4v) is 0.928. The van der Waals surface area contributed by atoms with Crippen molar-refractivity contribution in [1.29, 1.82) is 0 Å². The molecular formula is C10H13NO3. The van der Waals surface area contributed by atoms with Gasteiger partial charge in [-0.2, -0.15) is 0 Å². The van der Waals surface area contributed by atoms with Gasteiger partial charge in [0.05, 0.1) is 19.4 Å². The molecule has 1 heterocycles. The zero-order chi connectivity index (χ0) is 10.4. The van der Waals surface area contributed by atoms with Crippen LogP contribution in [-0.2, 0) is 20.9 Å². The van der Waals surface area contributed by atoms with Gasteiger partial charge in [-0.05, 0) is 19.1 Å². The fraction of sp³-hybridized carbons (Fsp3) is 0.400. The maximum absolute atomic E-state index is 11.0. The minimum absolute atomic E-state index is 0.317. The summed E-state index contributed by atoms with van der Waals surface area (Å²) in [4.78, 5) is 15.0. The molecule has 1 rings (SSSR count). The van der Waals surface area contributed by atoms with E-state index in [1.807, 2.05) is 18.2 Å². The molecule has 0 fully saturated rings. The second kappa shape index (κ2) is 5.34. The Kier molecular flexibility index (Phi) is 4.07. The number of pyridine rings is 1. The average molecular weight is 195 g/mol. The van der Waals surface area contributed by atoms with Gasteiger partial charge in [0.1, 0.15) is 0 Å². The molecule has 1 aromatic rings. The molecule has 0 saturated heterocycles. The Balaban J connectivity index is 2.38. The molecule has 0 saturated carbocycles. The maximum Gasteiger partial charge on any atom is 0.334 e. The summed E-state index contributed by atoms with van der Waals surface area (Å²) in [6.07, 6.45) is 1.13. The van der Waals surface area contributed by atoms with Gasteiger partial charge >= 0.3 is 5.97 Å². The highest BCUT2D eigenvalue weighted by Gasteiger charge is 2.13. The van der Waals surface area contributed by atoms with Gasteiger partial charge in [-0.15, -0.1) is 0 Å². The predicted molar refractivity (Wildman–Crippen MR) is 50.5 cm³/mol. The molecule has 0 radical (unpaired) electrons. The Hall–Kier alpha value is -1.42. The van der Waals surface area contributed by atoms with Gasteiger partial charge < -0.3 is 9.47 Å². The lowest BCUT2D eigenvalue weighted by Gasteiger charge is -2.09. The second-order valence-electron chi connectivity index (χ2n) is 2.80. The monoisotopic (exact) mass is 195 g/mol. The minimum Gasteiger partial charge on any atom is -0.467 e. The van der Waals surface area contributed by atoms with Gasteiger partial charge in [-0.1, -0.05) is 6.07 Å². The number of hydrogen-bond donors (Lipinski definition) is 0. The average Bonchev–Trinajstić information content (AvgIpc) is 2.26. The van der Waals surface area contributed by atoms with Crippen LogP contribution in [0.2, 0.25) is 0 Å². The van der Waals surface area contributed by atoms with Crippen molar-refractivity contribution in [2.75, 3.05) is 7.11 Å². The smallest absolute Gasteiger partial charge is 0.334 e. The first-order valence-corrected chi connectivity index (χ1v) is 4.33. The van der Waals surface area contributed by atoms with Crippen LogP contribution in [0.1, 0.15) is 12.6 Å². The summed E-state index contributed by atoms with van der Waals surface area (Å²) < 4.78 is 9.76. The molecule has 0 bridgehead atoms. The summed E-state index contributed by atoms with van der Waals surface area (Å²) in [5, 5.41) is 0. The number of aromatic nitrogens is 1. The van der Waals surface area contributed by atoms with Crippen molar-refractivity contribution < 1.29 is 14.3 Å². The van der Waals surface area contributed by atoms with E-state index in [0.717, 1.165) is 5.69 Å². The number of carbonyl (C=O) groups excluding carboxylic acids is 1. The van der Waals surface area contributed by atoms with Crippen molar-refractivity contribution in [2.45, 2.75) is 19.6 Å². The van der Waals surface area contributed by atoms with E-state index in [1.165, 1.54) is 7.11 Å². The molecule has 0 spiro atoms. The van der Waals surface area contributed by atoms with Crippen molar-refractivity contribution >= 4 is 5.97 Å². The van der Waals surface area contributed by atoms with Crippen molar-refractivity contribution in [2.24, 2.45) is 0 Å². The first-order chi connectivity index (χ1) is 6.74. The molecule has 14 heavy (non-hydrogen) atoms. The lowest BCUT2D eigenvalue weighted by molar-refractivity contribution is -0.153. The predicted octanol–water partition coefficient (Wildman–Crippen LogP) is 1.16. The molecule has 0 aromatic carbocycles. The second-order valence-corrected chi connectivity index (χ2v) is 2.80. The van der Waals surface area contributed by atoms with Gasteiger partial charge in [0.2, 0.25) is 0 Å². The lowest BCUT2D eigenvalue weighted by atomic mass is 10.3. The van der Waals surface area contributed by atoms with E-state index >= 15 is 0 Å². The highest BCUT2D eigenvalue weighted by molar-refractivity contribution is 5.73. The van der Waals surface area contributed by atoms with Gasteiger partial charge in [0.25, 0.3) is 0 Å². The molecule has 0 N–H and O–H groups in total. The number of rotatable bonds is 4. The van der Waals surface area contributed by atoms with Crippen LogP contribution < -0.4 is 0 Å². The highest BCUT2D eigenvalue weighted by Crippen LogP contribution is 2.00. The molecule has 1 aromatic heterocycles. The van der Waals surface area contributed by atoms with Crippen molar-refractivity contribution in [3.8, 4) is 0 Å². The molecule has 0 aliphatic rings. The molecule has 0 aliphatic carbocycles. The van der Waals surface area contributed by atoms with E-state index in [-0.39, 0.29) is 5.97 Å². The molecule has 0 aliphatic heterocycles. The number of nitrogens with zero attached hydrogens (tertiary/aromatic N) is 1. The van der Waals surface area contributed by atoms with Crippen LogP contribution in [0, 0.1) is 0 Å². The molecule has 4 heteroatoms. The van der Waals surface area contributed by atoms with E-state index in [0.29, 0.717) is 6.61 Å². The molecule has 0 amide bonds. The van der Waals surface area contributed by atoms with Crippen LogP contribution in [0.25, 0.3) is 0 Å². The first-order valence-electron chi connectivity index (χ1n) is 4.33. The molecule has 0 unspecified atom stereocenters. The standard InChI is InChI=1S/C10H13NO3/c1-8(10(12)13-2)14-7-9-5-3-4-6-11-9/h3-6,8H,7H2,1-2H3/t8-/m1/s1. The first kappa shape index (κ1) is 10.7. The quantitative estimate of drug-likeness (QED) is 0.676. The Morgan fingerprint density at radius 3 is 2.93 bits per heavy atom. The Bertz CT molecular complexity index is 287. The third kappa shape index (κ3) is 3.14. The van der Waals surface area contributed by atoms with Gasteiger partial charge in [0.15, 0.2) is 6.10 Å². The van der Waals surface area contributed by atoms with Gasteiger partial charge in [-0.25, -0.2) is 4.79 Å². The molecule has 1 atom stereocenters. The van der Waals surface area contributed by atoms with Crippen LogP contribution in [0.4, 0.5) is 0 Å². The normalized spacial score (nSPS) is 12.1. The van der Waals surface area contributed by atoms with Crippen LogP contribution in [-0.4, -0.2) is 24.2 Å².